The van der Waals surface area contributed by atoms with Crippen molar-refractivity contribution in [2.75, 3.05) is 36.5 Å². The summed E-state index contributed by atoms with van der Waals surface area (Å²) in [4.78, 5) is 28.0. The van der Waals surface area contributed by atoms with Crippen LogP contribution in [-0.4, -0.2) is 47.2 Å². The molecule has 4 aromatic rings. The molecule has 2 aromatic carbocycles. The van der Waals surface area contributed by atoms with E-state index in [4.69, 9.17) is 9.72 Å². The summed E-state index contributed by atoms with van der Waals surface area (Å²) >= 11 is 0. The lowest BCUT2D eigenvalue weighted by molar-refractivity contribution is 0.102. The molecular formula is C24H21N5O2. The lowest BCUT2D eigenvalue weighted by Gasteiger charge is -2.29. The highest BCUT2D eigenvalue weighted by Gasteiger charge is 2.15. The molecule has 1 saturated heterocycles. The summed E-state index contributed by atoms with van der Waals surface area (Å²) in [5, 5.41) is 3.72. The van der Waals surface area contributed by atoms with Crippen LogP contribution in [0.1, 0.15) is 10.4 Å². The zero-order valence-corrected chi connectivity index (χ0v) is 16.9. The Labute approximate surface area is 179 Å². The molecule has 0 saturated carbocycles. The molecular weight excluding hydrogens is 390 g/mol. The number of pyridine rings is 1. The van der Waals surface area contributed by atoms with Gasteiger partial charge >= 0.3 is 0 Å². The van der Waals surface area contributed by atoms with Crippen molar-refractivity contribution in [3.63, 3.8) is 0 Å². The van der Waals surface area contributed by atoms with Gasteiger partial charge in [-0.2, -0.15) is 0 Å². The molecule has 0 aliphatic carbocycles. The number of hydrogen-bond donors (Lipinski definition) is 1. The zero-order chi connectivity index (χ0) is 21.0. The molecule has 0 bridgehead atoms. The number of hydrogen-bond acceptors (Lipinski definition) is 6. The molecule has 2 aromatic heterocycles. The van der Waals surface area contributed by atoms with E-state index in [9.17, 15) is 4.79 Å². The van der Waals surface area contributed by atoms with Gasteiger partial charge in [0.05, 0.1) is 30.0 Å². The molecule has 7 heteroatoms. The lowest BCUT2D eigenvalue weighted by Crippen LogP contribution is -2.36. The second-order valence-electron chi connectivity index (χ2n) is 7.27. The number of amides is 1. The molecule has 1 N–H and O–H groups in total. The fourth-order valence-electron chi connectivity index (χ4n) is 3.72. The number of anilines is 2. The number of nitrogens with zero attached hydrogens (tertiary/aromatic N) is 4. The Hall–Kier alpha value is -3.84. The summed E-state index contributed by atoms with van der Waals surface area (Å²) in [7, 11) is 0. The molecule has 0 unspecified atom stereocenters. The second kappa shape index (κ2) is 8.49. The topological polar surface area (TPSA) is 80.2 Å². The Bertz CT molecular complexity index is 1220. The third-order valence-electron chi connectivity index (χ3n) is 5.31. The van der Waals surface area contributed by atoms with Gasteiger partial charge in [0.1, 0.15) is 12.1 Å². The number of ether oxygens (including phenoxy) is 1. The first kappa shape index (κ1) is 19.1. The van der Waals surface area contributed by atoms with Crippen LogP contribution in [-0.2, 0) is 4.74 Å². The minimum atomic E-state index is -0.254. The maximum absolute atomic E-state index is 12.9. The Kier molecular flexibility index (Phi) is 5.24. The van der Waals surface area contributed by atoms with Gasteiger partial charge in [-0.15, -0.1) is 0 Å². The van der Waals surface area contributed by atoms with E-state index in [1.165, 1.54) is 6.33 Å². The Balaban J connectivity index is 1.50. The number of para-hydroxylation sites is 1. The summed E-state index contributed by atoms with van der Waals surface area (Å²) < 4.78 is 5.46. The maximum atomic E-state index is 12.9. The zero-order valence-electron chi connectivity index (χ0n) is 16.9. The van der Waals surface area contributed by atoms with Crippen molar-refractivity contribution in [3.05, 3.63) is 78.8 Å². The van der Waals surface area contributed by atoms with Crippen molar-refractivity contribution in [1.29, 1.82) is 0 Å². The summed E-state index contributed by atoms with van der Waals surface area (Å²) in [6.07, 6.45) is 2.99. The van der Waals surface area contributed by atoms with Gasteiger partial charge in [-0.3, -0.25) is 4.79 Å². The summed E-state index contributed by atoms with van der Waals surface area (Å²) in [5.41, 5.74) is 4.14. The van der Waals surface area contributed by atoms with Gasteiger partial charge in [0.15, 0.2) is 0 Å². The van der Waals surface area contributed by atoms with Crippen LogP contribution in [0.3, 0.4) is 0 Å². The number of benzene rings is 2. The predicted molar refractivity (Wildman–Crippen MR) is 120 cm³/mol. The van der Waals surface area contributed by atoms with Gasteiger partial charge in [0.25, 0.3) is 5.91 Å². The lowest BCUT2D eigenvalue weighted by atomic mass is 10.1. The Morgan fingerprint density at radius 1 is 1.00 bits per heavy atom. The van der Waals surface area contributed by atoms with Gasteiger partial charge < -0.3 is 15.0 Å². The summed E-state index contributed by atoms with van der Waals surface area (Å²) in [6.45, 7) is 3.23. The van der Waals surface area contributed by atoms with Crippen molar-refractivity contribution in [3.8, 4) is 11.3 Å². The van der Waals surface area contributed by atoms with E-state index < -0.39 is 0 Å². The molecule has 5 rings (SSSR count). The minimum Gasteiger partial charge on any atom is -0.378 e. The van der Waals surface area contributed by atoms with E-state index in [1.807, 2.05) is 36.4 Å². The van der Waals surface area contributed by atoms with Crippen molar-refractivity contribution in [2.24, 2.45) is 0 Å². The van der Waals surface area contributed by atoms with Crippen LogP contribution < -0.4 is 10.2 Å². The number of fused-ring (bicyclic) bond motifs is 1. The third-order valence-corrected chi connectivity index (χ3v) is 5.31. The molecule has 0 spiro atoms. The number of aromatic nitrogens is 3. The number of morpholine rings is 1. The molecule has 1 aliphatic rings. The van der Waals surface area contributed by atoms with Crippen molar-refractivity contribution in [1.82, 2.24) is 15.0 Å². The number of carbonyl (C=O) groups is 1. The molecule has 31 heavy (non-hydrogen) atoms. The quantitative estimate of drug-likeness (QED) is 0.551. The molecule has 1 amide bonds. The van der Waals surface area contributed by atoms with Crippen LogP contribution in [0.4, 0.5) is 11.5 Å². The minimum absolute atomic E-state index is 0.254. The summed E-state index contributed by atoms with van der Waals surface area (Å²) in [5.74, 6) is 0.197. The first-order chi connectivity index (χ1) is 15.3. The average molecular weight is 411 g/mol. The first-order valence-corrected chi connectivity index (χ1v) is 10.2. The highest BCUT2D eigenvalue weighted by atomic mass is 16.5. The van der Waals surface area contributed by atoms with Gasteiger partial charge in [-0.25, -0.2) is 15.0 Å². The standard InChI is InChI=1S/C24H21N5O2/c30-24(28-22-9-10-25-16-26-22)20-6-2-3-17-7-8-21(27-23(17)20)18-4-1-5-19(15-18)29-11-13-31-14-12-29/h1-10,15-16H,11-14H2,(H,25,26,28,30). The average Bonchev–Trinajstić information content (AvgIpc) is 2.84. The van der Waals surface area contributed by atoms with Crippen molar-refractivity contribution < 1.29 is 9.53 Å². The second-order valence-corrected chi connectivity index (χ2v) is 7.27. The Morgan fingerprint density at radius 2 is 1.87 bits per heavy atom. The van der Waals surface area contributed by atoms with Crippen LogP contribution in [0.5, 0.6) is 0 Å². The van der Waals surface area contributed by atoms with E-state index in [0.29, 0.717) is 16.9 Å². The van der Waals surface area contributed by atoms with Crippen LogP contribution in [0.2, 0.25) is 0 Å². The molecule has 1 aliphatic heterocycles. The molecule has 7 nitrogen and oxygen atoms in total. The van der Waals surface area contributed by atoms with Crippen LogP contribution in [0.15, 0.2) is 73.2 Å². The van der Waals surface area contributed by atoms with Crippen molar-refractivity contribution >= 4 is 28.3 Å². The monoisotopic (exact) mass is 411 g/mol. The molecule has 0 radical (unpaired) electrons. The van der Waals surface area contributed by atoms with Gasteiger partial charge in [0.2, 0.25) is 0 Å². The van der Waals surface area contributed by atoms with E-state index in [0.717, 1.165) is 48.6 Å². The van der Waals surface area contributed by atoms with Crippen LogP contribution in [0.25, 0.3) is 22.2 Å². The number of rotatable bonds is 4. The van der Waals surface area contributed by atoms with E-state index in [-0.39, 0.29) is 5.91 Å². The van der Waals surface area contributed by atoms with E-state index >= 15 is 0 Å². The fraction of sp³-hybridized carbons (Fsp3) is 0.167. The van der Waals surface area contributed by atoms with Gasteiger partial charge in [-0.05, 0) is 30.3 Å². The van der Waals surface area contributed by atoms with Gasteiger partial charge in [-0.1, -0.05) is 30.3 Å². The third kappa shape index (κ3) is 4.08. The van der Waals surface area contributed by atoms with Crippen LogP contribution in [0, 0.1) is 0 Å². The highest BCUT2D eigenvalue weighted by molar-refractivity contribution is 6.11. The number of nitrogens with one attached hydrogen (secondary N) is 1. The smallest absolute Gasteiger partial charge is 0.259 e. The molecule has 154 valence electrons. The van der Waals surface area contributed by atoms with Crippen molar-refractivity contribution in [2.45, 2.75) is 0 Å². The highest BCUT2D eigenvalue weighted by Crippen LogP contribution is 2.27. The largest absolute Gasteiger partial charge is 0.378 e. The fourth-order valence-corrected chi connectivity index (χ4v) is 3.72. The van der Waals surface area contributed by atoms with Gasteiger partial charge in [0, 0.05) is 35.9 Å². The van der Waals surface area contributed by atoms with E-state index in [1.54, 1.807) is 18.3 Å². The molecule has 3 heterocycles. The molecule has 0 atom stereocenters. The SMILES string of the molecule is O=C(Nc1ccncn1)c1cccc2ccc(-c3cccc(N4CCOCC4)c3)nc12. The van der Waals surface area contributed by atoms with Crippen LogP contribution >= 0.6 is 0 Å². The Morgan fingerprint density at radius 3 is 2.71 bits per heavy atom. The van der Waals surface area contributed by atoms with E-state index in [2.05, 4.69) is 32.3 Å². The normalized spacial score (nSPS) is 13.9. The number of carbonyl (C=O) groups excluding carboxylic acids is 1. The first-order valence-electron chi connectivity index (χ1n) is 10.2. The predicted octanol–water partition coefficient (Wildman–Crippen LogP) is 3.78. The maximum Gasteiger partial charge on any atom is 0.259 e. The molecule has 1 fully saturated rings. The summed E-state index contributed by atoms with van der Waals surface area (Å²) in [6, 6.07) is 19.6.